The Labute approximate surface area is 97.2 Å². The van der Waals surface area contributed by atoms with Gasteiger partial charge in [0.05, 0.1) is 6.54 Å². The SMILES string of the molecule is NN(CC=Cc1ccccc1)C(=O)O[N+](=O)[O-]. The molecule has 17 heavy (non-hydrogen) atoms. The third-order valence-electron chi connectivity index (χ3n) is 1.80. The van der Waals surface area contributed by atoms with E-state index in [2.05, 4.69) is 4.84 Å². The van der Waals surface area contributed by atoms with Crippen molar-refractivity contribution < 1.29 is 14.7 Å². The summed E-state index contributed by atoms with van der Waals surface area (Å²) in [4.78, 5) is 24.4. The zero-order valence-corrected chi connectivity index (χ0v) is 8.85. The molecule has 0 unspecified atom stereocenters. The molecule has 0 bridgehead atoms. The normalized spacial score (nSPS) is 10.2. The Morgan fingerprint density at radius 2 is 2.12 bits per heavy atom. The Kier molecular flexibility index (Phi) is 4.64. The Bertz CT molecular complexity index is 419. The van der Waals surface area contributed by atoms with Gasteiger partial charge in [-0.1, -0.05) is 42.5 Å². The van der Waals surface area contributed by atoms with E-state index < -0.39 is 11.2 Å². The highest BCUT2D eigenvalue weighted by Crippen LogP contribution is 2.00. The molecule has 0 aliphatic carbocycles. The molecular formula is C10H11N3O4. The van der Waals surface area contributed by atoms with Crippen molar-refractivity contribution in [3.63, 3.8) is 0 Å². The minimum absolute atomic E-state index is 0.0154. The zero-order chi connectivity index (χ0) is 12.7. The molecule has 0 fully saturated rings. The highest BCUT2D eigenvalue weighted by molar-refractivity contribution is 5.66. The first-order valence-electron chi connectivity index (χ1n) is 4.69. The quantitative estimate of drug-likeness (QED) is 0.367. The number of benzene rings is 1. The van der Waals surface area contributed by atoms with E-state index in [0.29, 0.717) is 5.01 Å². The zero-order valence-electron chi connectivity index (χ0n) is 8.85. The van der Waals surface area contributed by atoms with Crippen molar-refractivity contribution in [2.24, 2.45) is 5.84 Å². The second-order valence-electron chi connectivity index (χ2n) is 3.05. The topological polar surface area (TPSA) is 98.7 Å². The maximum atomic E-state index is 10.9. The lowest BCUT2D eigenvalue weighted by molar-refractivity contribution is -0.729. The van der Waals surface area contributed by atoms with Crippen LogP contribution in [-0.4, -0.2) is 22.7 Å². The van der Waals surface area contributed by atoms with Crippen LogP contribution in [0.2, 0.25) is 0 Å². The summed E-state index contributed by atoms with van der Waals surface area (Å²) in [7, 11) is 0. The summed E-state index contributed by atoms with van der Waals surface area (Å²) in [5, 5.41) is 9.27. The van der Waals surface area contributed by atoms with Crippen LogP contribution in [0.15, 0.2) is 36.4 Å². The largest absolute Gasteiger partial charge is 0.413 e. The number of amides is 1. The Morgan fingerprint density at radius 3 is 2.71 bits per heavy atom. The molecule has 0 saturated heterocycles. The van der Waals surface area contributed by atoms with Crippen molar-refractivity contribution in [1.82, 2.24) is 5.01 Å². The molecule has 7 nitrogen and oxygen atoms in total. The van der Waals surface area contributed by atoms with Crippen LogP contribution in [0.1, 0.15) is 5.56 Å². The summed E-state index contributed by atoms with van der Waals surface area (Å²) in [6, 6.07) is 9.34. The molecule has 1 aromatic rings. The molecule has 1 aromatic carbocycles. The number of carbonyl (C=O) groups excluding carboxylic acids is 1. The van der Waals surface area contributed by atoms with Gasteiger partial charge in [0.15, 0.2) is 0 Å². The third-order valence-corrected chi connectivity index (χ3v) is 1.80. The van der Waals surface area contributed by atoms with Gasteiger partial charge in [0.25, 0.3) is 0 Å². The molecule has 0 aliphatic heterocycles. The van der Waals surface area contributed by atoms with Crippen LogP contribution in [0.5, 0.6) is 0 Å². The molecule has 0 saturated carbocycles. The Balaban J connectivity index is 2.43. The Morgan fingerprint density at radius 1 is 1.47 bits per heavy atom. The lowest BCUT2D eigenvalue weighted by Gasteiger charge is -2.11. The van der Waals surface area contributed by atoms with Gasteiger partial charge in [-0.2, -0.15) is 0 Å². The van der Waals surface area contributed by atoms with Gasteiger partial charge in [0.2, 0.25) is 0 Å². The number of rotatable bonds is 4. The van der Waals surface area contributed by atoms with E-state index in [0.717, 1.165) is 5.56 Å². The van der Waals surface area contributed by atoms with Gasteiger partial charge in [0.1, 0.15) is 0 Å². The second kappa shape index (κ2) is 6.23. The van der Waals surface area contributed by atoms with E-state index >= 15 is 0 Å². The number of hydrogen-bond donors (Lipinski definition) is 1. The van der Waals surface area contributed by atoms with Crippen LogP contribution in [0, 0.1) is 10.1 Å². The number of carbonyl (C=O) groups is 1. The molecule has 2 N–H and O–H groups in total. The van der Waals surface area contributed by atoms with Crippen molar-refractivity contribution in [2.75, 3.05) is 6.54 Å². The summed E-state index contributed by atoms with van der Waals surface area (Å²) >= 11 is 0. The third kappa shape index (κ3) is 4.76. The van der Waals surface area contributed by atoms with Crippen LogP contribution < -0.4 is 5.84 Å². The van der Waals surface area contributed by atoms with E-state index in [1.54, 1.807) is 12.2 Å². The first-order valence-corrected chi connectivity index (χ1v) is 4.69. The van der Waals surface area contributed by atoms with E-state index in [4.69, 9.17) is 5.84 Å². The molecule has 1 amide bonds. The summed E-state index contributed by atoms with van der Waals surface area (Å²) < 4.78 is 0. The van der Waals surface area contributed by atoms with Crippen LogP contribution >= 0.6 is 0 Å². The highest BCUT2D eigenvalue weighted by atomic mass is 17.0. The van der Waals surface area contributed by atoms with Crippen molar-refractivity contribution in [2.45, 2.75) is 0 Å². The van der Waals surface area contributed by atoms with Gasteiger partial charge < -0.3 is 0 Å². The fourth-order valence-corrected chi connectivity index (χ4v) is 1.06. The second-order valence-corrected chi connectivity index (χ2v) is 3.05. The average molecular weight is 237 g/mol. The number of nitrogens with two attached hydrogens (primary N) is 1. The van der Waals surface area contributed by atoms with Crippen LogP contribution in [0.25, 0.3) is 6.08 Å². The van der Waals surface area contributed by atoms with Gasteiger partial charge in [-0.3, -0.25) is 5.01 Å². The van der Waals surface area contributed by atoms with E-state index in [1.807, 2.05) is 30.3 Å². The van der Waals surface area contributed by atoms with Crippen LogP contribution in [-0.2, 0) is 4.84 Å². The van der Waals surface area contributed by atoms with Gasteiger partial charge >= 0.3 is 11.2 Å². The maximum absolute atomic E-state index is 10.9. The first-order chi connectivity index (χ1) is 8.09. The maximum Gasteiger partial charge on any atom is 0.413 e. The first kappa shape index (κ1) is 12.7. The molecule has 1 rings (SSSR count). The number of nitrogens with zero attached hydrogens (tertiary/aromatic N) is 2. The molecule has 0 spiro atoms. The van der Waals surface area contributed by atoms with Crippen LogP contribution in [0.4, 0.5) is 4.79 Å². The number of hydrogen-bond acceptors (Lipinski definition) is 5. The molecule has 0 aliphatic rings. The predicted molar refractivity (Wildman–Crippen MR) is 59.8 cm³/mol. The highest BCUT2D eigenvalue weighted by Gasteiger charge is 2.12. The van der Waals surface area contributed by atoms with Gasteiger partial charge in [-0.15, -0.1) is 10.1 Å². The van der Waals surface area contributed by atoms with E-state index in [1.165, 1.54) is 0 Å². The van der Waals surface area contributed by atoms with Gasteiger partial charge in [-0.05, 0) is 5.56 Å². The summed E-state index contributed by atoms with van der Waals surface area (Å²) in [6.45, 7) is 0.0154. The smallest absolute Gasteiger partial charge is 0.254 e. The minimum Gasteiger partial charge on any atom is -0.254 e. The standard InChI is InChI=1S/C10H11N3O4/c11-12(10(14)17-13(15)16)8-4-7-9-5-2-1-3-6-9/h1-7H,8,11H2. The van der Waals surface area contributed by atoms with Gasteiger partial charge in [0, 0.05) is 0 Å². The summed E-state index contributed by atoms with van der Waals surface area (Å²) in [5.41, 5.74) is 0.934. The molecule has 0 heterocycles. The monoisotopic (exact) mass is 237 g/mol. The van der Waals surface area contributed by atoms with E-state index in [9.17, 15) is 14.9 Å². The lowest BCUT2D eigenvalue weighted by atomic mass is 10.2. The predicted octanol–water partition coefficient (Wildman–Crippen LogP) is 1.20. The Hall–Kier alpha value is -2.41. The van der Waals surface area contributed by atoms with Gasteiger partial charge in [-0.25, -0.2) is 15.5 Å². The molecular weight excluding hydrogens is 226 g/mol. The fraction of sp³-hybridized carbons (Fsp3) is 0.100. The number of hydrazine groups is 1. The lowest BCUT2D eigenvalue weighted by Crippen LogP contribution is -2.38. The molecule has 90 valence electrons. The minimum atomic E-state index is -1.22. The molecule has 0 atom stereocenters. The van der Waals surface area contributed by atoms with Crippen molar-refractivity contribution in [3.8, 4) is 0 Å². The average Bonchev–Trinajstić information content (AvgIpc) is 2.29. The van der Waals surface area contributed by atoms with Crippen molar-refractivity contribution in [1.29, 1.82) is 0 Å². The summed E-state index contributed by atoms with van der Waals surface area (Å²) in [6.07, 6.45) is 2.11. The van der Waals surface area contributed by atoms with Crippen LogP contribution in [0.3, 0.4) is 0 Å². The van der Waals surface area contributed by atoms with E-state index in [-0.39, 0.29) is 6.54 Å². The molecule has 7 heteroatoms. The van der Waals surface area contributed by atoms with Crippen molar-refractivity contribution in [3.05, 3.63) is 52.1 Å². The molecule has 0 radical (unpaired) electrons. The molecule has 0 aromatic heterocycles. The summed E-state index contributed by atoms with van der Waals surface area (Å²) in [5.74, 6) is 5.23. The van der Waals surface area contributed by atoms with Crippen molar-refractivity contribution >= 4 is 12.2 Å². The fourth-order valence-electron chi connectivity index (χ4n) is 1.06.